The van der Waals surface area contributed by atoms with Gasteiger partial charge in [-0.3, -0.25) is 9.69 Å². The molecule has 0 radical (unpaired) electrons. The van der Waals surface area contributed by atoms with E-state index in [1.54, 1.807) is 7.11 Å². The summed E-state index contributed by atoms with van der Waals surface area (Å²) in [4.78, 5) is 20.6. The van der Waals surface area contributed by atoms with Crippen molar-refractivity contribution in [3.05, 3.63) is 77.0 Å². The molecule has 2 aliphatic rings. The summed E-state index contributed by atoms with van der Waals surface area (Å²) in [6.45, 7) is 6.57. The number of hydrogen-bond acceptors (Lipinski definition) is 5. The average molecular weight is 435 g/mol. The Morgan fingerprint density at radius 3 is 2.38 bits per heavy atom. The zero-order valence-corrected chi connectivity index (χ0v) is 19.2. The van der Waals surface area contributed by atoms with Crippen molar-refractivity contribution in [1.82, 2.24) is 14.7 Å². The maximum atomic E-state index is 13.8. The molecule has 6 nitrogen and oxygen atoms in total. The normalized spacial score (nSPS) is 19.3. The Balaban J connectivity index is 1.60. The number of carbonyl (C=O) groups is 1. The van der Waals surface area contributed by atoms with E-state index in [0.29, 0.717) is 19.6 Å². The third-order valence-corrected chi connectivity index (χ3v) is 6.48. The first-order valence-electron chi connectivity index (χ1n) is 11.5. The fraction of sp³-hybridized carbons (Fsp3) is 0.423. The summed E-state index contributed by atoms with van der Waals surface area (Å²) in [5, 5.41) is 0. The molecule has 6 heteroatoms. The van der Waals surface area contributed by atoms with Gasteiger partial charge in [-0.05, 0) is 29.7 Å². The van der Waals surface area contributed by atoms with E-state index in [9.17, 15) is 4.79 Å². The van der Waals surface area contributed by atoms with Gasteiger partial charge < -0.3 is 20.3 Å². The van der Waals surface area contributed by atoms with E-state index in [2.05, 4.69) is 41.0 Å². The highest BCUT2D eigenvalue weighted by Gasteiger charge is 2.40. The Morgan fingerprint density at radius 2 is 1.72 bits per heavy atom. The maximum absolute atomic E-state index is 13.8. The summed E-state index contributed by atoms with van der Waals surface area (Å²) < 4.78 is 5.29. The van der Waals surface area contributed by atoms with Crippen LogP contribution in [0.4, 0.5) is 0 Å². The highest BCUT2D eigenvalue weighted by atomic mass is 16.5. The van der Waals surface area contributed by atoms with Gasteiger partial charge in [0.25, 0.3) is 5.91 Å². The smallest absolute Gasteiger partial charge is 0.254 e. The molecule has 0 saturated heterocycles. The Hall–Kier alpha value is -2.83. The Labute approximate surface area is 191 Å². The Morgan fingerprint density at radius 1 is 1.00 bits per heavy atom. The summed E-state index contributed by atoms with van der Waals surface area (Å²) in [5.74, 6) is 0.984. The van der Waals surface area contributed by atoms with Gasteiger partial charge in [-0.1, -0.05) is 49.4 Å². The van der Waals surface area contributed by atoms with Crippen molar-refractivity contribution in [3.8, 4) is 5.75 Å². The number of rotatable bonds is 8. The summed E-state index contributed by atoms with van der Waals surface area (Å²) in [7, 11) is 1.67. The van der Waals surface area contributed by atoms with Crippen LogP contribution in [-0.2, 0) is 17.9 Å². The van der Waals surface area contributed by atoms with Crippen LogP contribution in [0.1, 0.15) is 30.9 Å². The fourth-order valence-electron chi connectivity index (χ4n) is 4.92. The summed E-state index contributed by atoms with van der Waals surface area (Å²) in [6.07, 6.45) is 1.79. The zero-order valence-electron chi connectivity index (χ0n) is 19.2. The van der Waals surface area contributed by atoms with E-state index < -0.39 is 0 Å². The zero-order chi connectivity index (χ0) is 22.5. The van der Waals surface area contributed by atoms with Gasteiger partial charge in [-0.2, -0.15) is 0 Å². The molecule has 1 atom stereocenters. The molecule has 0 aliphatic carbocycles. The van der Waals surface area contributed by atoms with Gasteiger partial charge in [0, 0.05) is 51.4 Å². The van der Waals surface area contributed by atoms with Gasteiger partial charge in [-0.25, -0.2) is 0 Å². The Kier molecular flexibility index (Phi) is 7.12. The molecular weight excluding hydrogens is 400 g/mol. The lowest BCUT2D eigenvalue weighted by atomic mass is 9.97. The van der Waals surface area contributed by atoms with Crippen molar-refractivity contribution in [2.45, 2.75) is 39.0 Å². The van der Waals surface area contributed by atoms with E-state index >= 15 is 0 Å². The topological polar surface area (TPSA) is 62.0 Å². The summed E-state index contributed by atoms with van der Waals surface area (Å²) in [6, 6.07) is 18.5. The van der Waals surface area contributed by atoms with E-state index in [4.69, 9.17) is 10.5 Å². The van der Waals surface area contributed by atoms with E-state index in [1.165, 1.54) is 11.3 Å². The number of carbonyl (C=O) groups excluding carboxylic acids is 1. The molecule has 2 N–H and O–H groups in total. The molecule has 0 spiro atoms. The lowest BCUT2D eigenvalue weighted by Crippen LogP contribution is -2.58. The monoisotopic (exact) mass is 434 g/mol. The van der Waals surface area contributed by atoms with Crippen molar-refractivity contribution < 1.29 is 9.53 Å². The molecule has 2 aromatic carbocycles. The predicted octanol–water partition coefficient (Wildman–Crippen LogP) is 3.19. The molecule has 170 valence electrons. The van der Waals surface area contributed by atoms with Crippen molar-refractivity contribution in [2.24, 2.45) is 5.73 Å². The van der Waals surface area contributed by atoms with Gasteiger partial charge in [0.15, 0.2) is 0 Å². The molecule has 2 aliphatic heterocycles. The molecule has 0 saturated carbocycles. The second-order valence-corrected chi connectivity index (χ2v) is 8.52. The number of ether oxygens (including phenoxy) is 1. The highest BCUT2D eigenvalue weighted by molar-refractivity contribution is 5.96. The van der Waals surface area contributed by atoms with E-state index in [0.717, 1.165) is 49.4 Å². The highest BCUT2D eigenvalue weighted by Crippen LogP contribution is 2.33. The summed E-state index contributed by atoms with van der Waals surface area (Å²) >= 11 is 0. The Bertz CT molecular complexity index is 942. The van der Waals surface area contributed by atoms with E-state index in [1.807, 2.05) is 35.2 Å². The van der Waals surface area contributed by atoms with E-state index in [-0.39, 0.29) is 12.1 Å². The number of amides is 1. The maximum Gasteiger partial charge on any atom is 0.254 e. The molecule has 2 heterocycles. The van der Waals surface area contributed by atoms with Crippen LogP contribution in [0.25, 0.3) is 0 Å². The van der Waals surface area contributed by atoms with Crippen molar-refractivity contribution >= 4 is 5.91 Å². The average Bonchev–Trinajstić information content (AvgIpc) is 2.83. The molecule has 0 bridgehead atoms. The van der Waals surface area contributed by atoms with Crippen LogP contribution in [0.3, 0.4) is 0 Å². The number of benzene rings is 2. The SMILES string of the molecule is CCC1N(Cc2ccc(OC)cc2)C(=O)C2=C(CCN(Cc3ccccc3)C2)N1CCN. The number of hydrogen-bond donors (Lipinski definition) is 1. The standard InChI is InChI=1S/C26H34N4O2/c1-3-25-29(16-14-27)24-13-15-28(17-20-7-5-4-6-8-20)19-23(24)26(31)30(25)18-21-9-11-22(32-2)12-10-21/h4-12,25H,3,13-19,27H2,1-2H3. The minimum absolute atomic E-state index is 0.0348. The number of methoxy groups -OCH3 is 1. The van der Waals surface area contributed by atoms with Crippen LogP contribution in [0.15, 0.2) is 65.9 Å². The van der Waals surface area contributed by atoms with Gasteiger partial charge >= 0.3 is 0 Å². The quantitative estimate of drug-likeness (QED) is 0.691. The first-order chi connectivity index (χ1) is 15.6. The molecule has 4 rings (SSSR count). The summed E-state index contributed by atoms with van der Waals surface area (Å²) in [5.41, 5.74) is 10.5. The second-order valence-electron chi connectivity index (χ2n) is 8.52. The molecule has 32 heavy (non-hydrogen) atoms. The molecular formula is C26H34N4O2. The van der Waals surface area contributed by atoms with Crippen LogP contribution in [-0.4, -0.2) is 60.1 Å². The van der Waals surface area contributed by atoms with Crippen molar-refractivity contribution in [2.75, 3.05) is 33.3 Å². The fourth-order valence-corrected chi connectivity index (χ4v) is 4.92. The molecule has 1 unspecified atom stereocenters. The lowest BCUT2D eigenvalue weighted by Gasteiger charge is -2.49. The van der Waals surface area contributed by atoms with Crippen LogP contribution in [0, 0.1) is 0 Å². The van der Waals surface area contributed by atoms with Crippen LogP contribution in [0.2, 0.25) is 0 Å². The first kappa shape index (κ1) is 22.4. The molecule has 0 fully saturated rings. The predicted molar refractivity (Wildman–Crippen MR) is 127 cm³/mol. The minimum Gasteiger partial charge on any atom is -0.497 e. The van der Waals surface area contributed by atoms with Crippen molar-refractivity contribution in [1.29, 1.82) is 0 Å². The largest absolute Gasteiger partial charge is 0.497 e. The third-order valence-electron chi connectivity index (χ3n) is 6.48. The second kappa shape index (κ2) is 10.2. The van der Waals surface area contributed by atoms with Gasteiger partial charge in [0.1, 0.15) is 11.9 Å². The first-order valence-corrected chi connectivity index (χ1v) is 11.5. The van der Waals surface area contributed by atoms with Gasteiger partial charge in [0.05, 0.1) is 12.7 Å². The van der Waals surface area contributed by atoms with Gasteiger partial charge in [-0.15, -0.1) is 0 Å². The number of nitrogens with two attached hydrogens (primary N) is 1. The number of nitrogens with zero attached hydrogens (tertiary/aromatic N) is 3. The van der Waals surface area contributed by atoms with Crippen LogP contribution >= 0.6 is 0 Å². The van der Waals surface area contributed by atoms with Crippen molar-refractivity contribution in [3.63, 3.8) is 0 Å². The molecule has 2 aromatic rings. The molecule has 1 amide bonds. The minimum atomic E-state index is 0.0348. The van der Waals surface area contributed by atoms with Crippen LogP contribution < -0.4 is 10.5 Å². The van der Waals surface area contributed by atoms with Crippen LogP contribution in [0.5, 0.6) is 5.75 Å². The molecule has 0 aromatic heterocycles. The van der Waals surface area contributed by atoms with Gasteiger partial charge in [0.2, 0.25) is 0 Å². The third kappa shape index (κ3) is 4.66. The lowest BCUT2D eigenvalue weighted by molar-refractivity contribution is -0.137.